The number of rotatable bonds is 7. The number of benzene rings is 3. The number of aryl methyl sites for hydroxylation is 3. The van der Waals surface area contributed by atoms with E-state index in [1.165, 1.54) is 0 Å². The van der Waals surface area contributed by atoms with Crippen LogP contribution in [-0.4, -0.2) is 19.3 Å². The maximum atomic E-state index is 12.8. The standard InChI is InChI=1S/C25H23N3O4S2/c1-16-9-14-22(17(2)15-16)34(30,31)28-25-26-18(3)23(33-25)24(29)27-19-10-12-21(13-11-19)32-20-7-5-4-6-8-20/h4-15H,1-3H3,(H,26,28)(H,27,29). The molecule has 0 atom stereocenters. The molecule has 0 saturated carbocycles. The second-order valence-electron chi connectivity index (χ2n) is 7.70. The summed E-state index contributed by atoms with van der Waals surface area (Å²) in [6.07, 6.45) is 0. The highest BCUT2D eigenvalue weighted by Gasteiger charge is 2.22. The molecule has 1 amide bonds. The summed E-state index contributed by atoms with van der Waals surface area (Å²) in [5.41, 5.74) is 2.62. The largest absolute Gasteiger partial charge is 0.457 e. The Morgan fingerprint density at radius 3 is 2.26 bits per heavy atom. The summed E-state index contributed by atoms with van der Waals surface area (Å²) in [6.45, 7) is 5.30. The molecule has 4 rings (SSSR count). The lowest BCUT2D eigenvalue weighted by atomic mass is 10.2. The van der Waals surface area contributed by atoms with Gasteiger partial charge in [-0.15, -0.1) is 0 Å². The number of nitrogens with zero attached hydrogens (tertiary/aromatic N) is 1. The number of aromatic nitrogens is 1. The third-order valence-corrected chi connectivity index (χ3v) is 7.64. The van der Waals surface area contributed by atoms with Crippen molar-refractivity contribution in [3.8, 4) is 11.5 Å². The topological polar surface area (TPSA) is 97.4 Å². The lowest BCUT2D eigenvalue weighted by Crippen LogP contribution is -2.14. The van der Waals surface area contributed by atoms with Crippen molar-refractivity contribution in [1.82, 2.24) is 4.98 Å². The van der Waals surface area contributed by atoms with E-state index in [0.717, 1.165) is 22.6 Å². The SMILES string of the molecule is Cc1ccc(S(=O)(=O)Nc2nc(C)c(C(=O)Nc3ccc(Oc4ccccc4)cc3)s2)c(C)c1. The molecular formula is C25H23N3O4S2. The van der Waals surface area contributed by atoms with Gasteiger partial charge in [0.1, 0.15) is 16.4 Å². The van der Waals surface area contributed by atoms with E-state index >= 15 is 0 Å². The molecule has 34 heavy (non-hydrogen) atoms. The van der Waals surface area contributed by atoms with Crippen LogP contribution in [-0.2, 0) is 10.0 Å². The normalized spacial score (nSPS) is 11.1. The number of carbonyl (C=O) groups is 1. The molecule has 7 nitrogen and oxygen atoms in total. The summed E-state index contributed by atoms with van der Waals surface area (Å²) in [7, 11) is -3.83. The van der Waals surface area contributed by atoms with Crippen LogP contribution in [0.2, 0.25) is 0 Å². The zero-order valence-corrected chi connectivity index (χ0v) is 20.5. The van der Waals surface area contributed by atoms with Gasteiger partial charge in [-0.2, -0.15) is 0 Å². The van der Waals surface area contributed by atoms with Crippen molar-refractivity contribution in [3.63, 3.8) is 0 Å². The van der Waals surface area contributed by atoms with Crippen LogP contribution in [0.5, 0.6) is 11.5 Å². The minimum Gasteiger partial charge on any atom is -0.457 e. The molecule has 0 unspecified atom stereocenters. The molecule has 1 aromatic heterocycles. The van der Waals surface area contributed by atoms with Gasteiger partial charge in [-0.25, -0.2) is 13.4 Å². The molecule has 0 aliphatic carbocycles. The average Bonchev–Trinajstić information content (AvgIpc) is 3.15. The molecule has 0 aliphatic heterocycles. The molecular weight excluding hydrogens is 470 g/mol. The second kappa shape index (κ2) is 9.66. The number of hydrogen-bond donors (Lipinski definition) is 2. The number of sulfonamides is 1. The van der Waals surface area contributed by atoms with Crippen LogP contribution < -0.4 is 14.8 Å². The first-order valence-electron chi connectivity index (χ1n) is 10.4. The summed E-state index contributed by atoms with van der Waals surface area (Å²) in [6, 6.07) is 21.5. The quantitative estimate of drug-likeness (QED) is 0.333. The maximum absolute atomic E-state index is 12.8. The van der Waals surface area contributed by atoms with E-state index in [1.54, 1.807) is 56.3 Å². The number of para-hydroxylation sites is 1. The Bertz CT molecular complexity index is 1430. The van der Waals surface area contributed by atoms with E-state index in [2.05, 4.69) is 15.0 Å². The van der Waals surface area contributed by atoms with Crippen LogP contribution in [0.4, 0.5) is 10.8 Å². The van der Waals surface area contributed by atoms with Crippen molar-refractivity contribution in [2.45, 2.75) is 25.7 Å². The third kappa shape index (κ3) is 5.44. The lowest BCUT2D eigenvalue weighted by Gasteiger charge is -2.08. The summed E-state index contributed by atoms with van der Waals surface area (Å²) in [5.74, 6) is 0.986. The molecule has 0 bridgehead atoms. The number of anilines is 2. The molecule has 4 aromatic rings. The van der Waals surface area contributed by atoms with Crippen LogP contribution in [0.3, 0.4) is 0 Å². The summed E-state index contributed by atoms with van der Waals surface area (Å²) in [4.78, 5) is 17.5. The number of nitrogens with one attached hydrogen (secondary N) is 2. The van der Waals surface area contributed by atoms with Gasteiger partial charge < -0.3 is 10.1 Å². The highest BCUT2D eigenvalue weighted by Crippen LogP contribution is 2.28. The van der Waals surface area contributed by atoms with Crippen LogP contribution >= 0.6 is 11.3 Å². The van der Waals surface area contributed by atoms with Crippen molar-refractivity contribution in [2.75, 3.05) is 10.0 Å². The third-order valence-electron chi connectivity index (χ3n) is 4.94. The number of carbonyl (C=O) groups excluding carboxylic acids is 1. The first-order valence-corrected chi connectivity index (χ1v) is 12.7. The average molecular weight is 494 g/mol. The van der Waals surface area contributed by atoms with Gasteiger partial charge in [-0.1, -0.05) is 47.2 Å². The first-order chi connectivity index (χ1) is 16.2. The van der Waals surface area contributed by atoms with Crippen molar-refractivity contribution >= 4 is 38.1 Å². The molecule has 2 N–H and O–H groups in total. The van der Waals surface area contributed by atoms with Crippen molar-refractivity contribution in [3.05, 3.63) is 94.5 Å². The molecule has 0 saturated heterocycles. The number of amides is 1. The van der Waals surface area contributed by atoms with Crippen molar-refractivity contribution < 1.29 is 17.9 Å². The minimum atomic E-state index is -3.83. The molecule has 0 fully saturated rings. The zero-order valence-electron chi connectivity index (χ0n) is 18.8. The Hall–Kier alpha value is -3.69. The van der Waals surface area contributed by atoms with Crippen molar-refractivity contribution in [1.29, 1.82) is 0 Å². The van der Waals surface area contributed by atoms with Gasteiger partial charge in [0.25, 0.3) is 15.9 Å². The highest BCUT2D eigenvalue weighted by molar-refractivity contribution is 7.93. The van der Waals surface area contributed by atoms with Crippen LogP contribution in [0.25, 0.3) is 0 Å². The fourth-order valence-corrected chi connectivity index (χ4v) is 5.66. The van der Waals surface area contributed by atoms with E-state index in [1.807, 2.05) is 37.3 Å². The fourth-order valence-electron chi connectivity index (χ4n) is 3.34. The smallest absolute Gasteiger partial charge is 0.267 e. The number of ether oxygens (including phenoxy) is 1. The fraction of sp³-hybridized carbons (Fsp3) is 0.120. The van der Waals surface area contributed by atoms with Gasteiger partial charge in [0.05, 0.1) is 10.6 Å². The lowest BCUT2D eigenvalue weighted by molar-refractivity contribution is 0.102. The summed E-state index contributed by atoms with van der Waals surface area (Å²) < 4.78 is 33.9. The van der Waals surface area contributed by atoms with E-state index in [-0.39, 0.29) is 15.9 Å². The van der Waals surface area contributed by atoms with E-state index in [0.29, 0.717) is 27.6 Å². The van der Waals surface area contributed by atoms with Crippen LogP contribution in [0.15, 0.2) is 77.7 Å². The molecule has 0 spiro atoms. The van der Waals surface area contributed by atoms with E-state index in [4.69, 9.17) is 4.74 Å². The van der Waals surface area contributed by atoms with Crippen molar-refractivity contribution in [2.24, 2.45) is 0 Å². The summed E-state index contributed by atoms with van der Waals surface area (Å²) >= 11 is 0.984. The van der Waals surface area contributed by atoms with Crippen LogP contribution in [0.1, 0.15) is 26.5 Å². The Balaban J connectivity index is 1.45. The molecule has 174 valence electrons. The van der Waals surface area contributed by atoms with Gasteiger partial charge in [0, 0.05) is 5.69 Å². The van der Waals surface area contributed by atoms with Crippen LogP contribution in [0, 0.1) is 20.8 Å². The Morgan fingerprint density at radius 2 is 1.59 bits per heavy atom. The monoisotopic (exact) mass is 493 g/mol. The Kier molecular flexibility index (Phi) is 6.67. The van der Waals surface area contributed by atoms with E-state index in [9.17, 15) is 13.2 Å². The predicted molar refractivity (Wildman–Crippen MR) is 134 cm³/mol. The molecule has 0 radical (unpaired) electrons. The van der Waals surface area contributed by atoms with Gasteiger partial charge in [-0.05, 0) is 68.8 Å². The minimum absolute atomic E-state index is 0.134. The Morgan fingerprint density at radius 1 is 0.912 bits per heavy atom. The predicted octanol–water partition coefficient (Wildman–Crippen LogP) is 5.91. The zero-order chi connectivity index (χ0) is 24.3. The molecule has 9 heteroatoms. The van der Waals surface area contributed by atoms with Gasteiger partial charge in [0.2, 0.25) is 0 Å². The Labute approximate surface area is 202 Å². The second-order valence-corrected chi connectivity index (χ2v) is 10.4. The first kappa shape index (κ1) is 23.5. The van der Waals surface area contributed by atoms with Gasteiger partial charge in [0.15, 0.2) is 5.13 Å². The van der Waals surface area contributed by atoms with Gasteiger partial charge in [-0.3, -0.25) is 9.52 Å². The molecule has 1 heterocycles. The number of thiazole rings is 1. The number of hydrogen-bond acceptors (Lipinski definition) is 6. The molecule has 3 aromatic carbocycles. The maximum Gasteiger partial charge on any atom is 0.267 e. The highest BCUT2D eigenvalue weighted by atomic mass is 32.2. The van der Waals surface area contributed by atoms with E-state index < -0.39 is 10.0 Å². The molecule has 0 aliphatic rings. The summed E-state index contributed by atoms with van der Waals surface area (Å²) in [5, 5.41) is 2.95. The van der Waals surface area contributed by atoms with Gasteiger partial charge >= 0.3 is 0 Å².